The molecule has 0 N–H and O–H groups in total. The maximum atomic E-state index is 13.3. The van der Waals surface area contributed by atoms with Gasteiger partial charge in [-0.05, 0) is 69.1 Å². The molecular formula is C30H38ClN3O4. The number of benzene rings is 1. The Morgan fingerprint density at radius 1 is 1.18 bits per heavy atom. The van der Waals surface area contributed by atoms with Gasteiger partial charge >= 0.3 is 12.2 Å². The Morgan fingerprint density at radius 3 is 2.50 bits per heavy atom. The van der Waals surface area contributed by atoms with Crippen molar-refractivity contribution >= 4 is 23.8 Å². The zero-order valence-electron chi connectivity index (χ0n) is 22.6. The van der Waals surface area contributed by atoms with E-state index in [9.17, 15) is 9.59 Å². The van der Waals surface area contributed by atoms with E-state index in [2.05, 4.69) is 23.7 Å². The van der Waals surface area contributed by atoms with Crippen LogP contribution in [0, 0.1) is 5.41 Å². The number of nitrogens with zero attached hydrogens (tertiary/aromatic N) is 3. The molecule has 1 aliphatic carbocycles. The summed E-state index contributed by atoms with van der Waals surface area (Å²) >= 11 is 6.05. The molecule has 0 bridgehead atoms. The molecule has 204 valence electrons. The van der Waals surface area contributed by atoms with Crippen molar-refractivity contribution in [1.29, 1.82) is 0 Å². The first-order valence-corrected chi connectivity index (χ1v) is 13.6. The van der Waals surface area contributed by atoms with E-state index in [0.29, 0.717) is 31.2 Å². The molecule has 8 heteroatoms. The van der Waals surface area contributed by atoms with E-state index in [1.165, 1.54) is 5.56 Å². The highest BCUT2D eigenvalue weighted by Gasteiger charge is 2.49. The van der Waals surface area contributed by atoms with E-state index in [0.717, 1.165) is 24.8 Å². The number of piperidine rings is 1. The summed E-state index contributed by atoms with van der Waals surface area (Å²) in [6, 6.07) is 14.2. The number of aromatic nitrogens is 1. The summed E-state index contributed by atoms with van der Waals surface area (Å²) in [5, 5.41) is 0.445. The lowest BCUT2D eigenvalue weighted by molar-refractivity contribution is 0.00308. The van der Waals surface area contributed by atoms with Crippen LogP contribution in [-0.2, 0) is 15.9 Å². The van der Waals surface area contributed by atoms with Crippen LogP contribution in [0.25, 0.3) is 0 Å². The molecule has 0 spiro atoms. The Hall–Kier alpha value is -3.06. The van der Waals surface area contributed by atoms with Gasteiger partial charge < -0.3 is 19.3 Å². The highest BCUT2D eigenvalue weighted by Crippen LogP contribution is 2.47. The van der Waals surface area contributed by atoms with E-state index in [-0.39, 0.29) is 36.2 Å². The topological polar surface area (TPSA) is 72.0 Å². The van der Waals surface area contributed by atoms with Gasteiger partial charge in [-0.2, -0.15) is 0 Å². The van der Waals surface area contributed by atoms with Crippen molar-refractivity contribution < 1.29 is 19.1 Å². The number of amides is 2. The summed E-state index contributed by atoms with van der Waals surface area (Å²) in [6.45, 7) is 11.1. The number of hydrogen-bond donors (Lipinski definition) is 0. The van der Waals surface area contributed by atoms with Gasteiger partial charge in [-0.3, -0.25) is 0 Å². The van der Waals surface area contributed by atoms with Crippen molar-refractivity contribution in [3.8, 4) is 0 Å². The Morgan fingerprint density at radius 2 is 1.89 bits per heavy atom. The van der Waals surface area contributed by atoms with Crippen LogP contribution in [0.3, 0.4) is 0 Å². The van der Waals surface area contributed by atoms with Crippen LogP contribution >= 0.6 is 11.6 Å². The van der Waals surface area contributed by atoms with Crippen LogP contribution in [0.2, 0.25) is 5.15 Å². The maximum Gasteiger partial charge on any atom is 0.410 e. The summed E-state index contributed by atoms with van der Waals surface area (Å²) in [7, 11) is 0. The summed E-state index contributed by atoms with van der Waals surface area (Å²) in [6.07, 6.45) is 5.83. The van der Waals surface area contributed by atoms with E-state index in [1.54, 1.807) is 23.2 Å². The number of carbonyl (C=O) groups is 2. The van der Waals surface area contributed by atoms with Crippen LogP contribution < -0.4 is 0 Å². The highest BCUT2D eigenvalue weighted by molar-refractivity contribution is 6.29. The molecule has 2 aromatic rings. The zero-order chi connectivity index (χ0) is 27.3. The molecule has 1 saturated carbocycles. The first kappa shape index (κ1) is 28.0. The first-order chi connectivity index (χ1) is 18.1. The van der Waals surface area contributed by atoms with Gasteiger partial charge in [0.25, 0.3) is 0 Å². The molecule has 2 aliphatic rings. The Labute approximate surface area is 230 Å². The summed E-state index contributed by atoms with van der Waals surface area (Å²) < 4.78 is 11.2. The summed E-state index contributed by atoms with van der Waals surface area (Å²) in [5.41, 5.74) is 1.47. The van der Waals surface area contributed by atoms with Crippen molar-refractivity contribution in [2.45, 2.75) is 64.0 Å². The van der Waals surface area contributed by atoms with Crippen molar-refractivity contribution in [3.05, 3.63) is 77.6 Å². The van der Waals surface area contributed by atoms with Crippen molar-refractivity contribution in [2.24, 2.45) is 5.41 Å². The van der Waals surface area contributed by atoms with Gasteiger partial charge in [0.1, 0.15) is 17.4 Å². The lowest BCUT2D eigenvalue weighted by Crippen LogP contribution is -2.51. The van der Waals surface area contributed by atoms with Gasteiger partial charge in [0, 0.05) is 37.8 Å². The van der Waals surface area contributed by atoms with Gasteiger partial charge in [0.05, 0.1) is 0 Å². The molecule has 1 saturated heterocycles. The lowest BCUT2D eigenvalue weighted by Gasteiger charge is -2.44. The minimum Gasteiger partial charge on any atom is -0.445 e. The van der Waals surface area contributed by atoms with E-state index >= 15 is 0 Å². The quantitative estimate of drug-likeness (QED) is 0.284. The molecule has 2 heterocycles. The van der Waals surface area contributed by atoms with E-state index in [1.807, 2.05) is 49.9 Å². The maximum absolute atomic E-state index is 13.3. The largest absolute Gasteiger partial charge is 0.445 e. The molecule has 1 aromatic carbocycles. The van der Waals surface area contributed by atoms with Crippen LogP contribution in [0.15, 0.2) is 61.3 Å². The number of halogens is 1. The fourth-order valence-electron chi connectivity index (χ4n) is 5.30. The van der Waals surface area contributed by atoms with E-state index < -0.39 is 5.60 Å². The number of pyridine rings is 1. The Bertz CT molecular complexity index is 1110. The monoisotopic (exact) mass is 539 g/mol. The molecule has 2 amide bonds. The molecule has 38 heavy (non-hydrogen) atoms. The third-order valence-corrected chi connectivity index (χ3v) is 7.52. The van der Waals surface area contributed by atoms with E-state index in [4.69, 9.17) is 21.1 Å². The third-order valence-electron chi connectivity index (χ3n) is 7.29. The number of rotatable bonds is 8. The summed E-state index contributed by atoms with van der Waals surface area (Å²) in [5.74, 6) is 0.281. The predicted octanol–water partition coefficient (Wildman–Crippen LogP) is 6.48. The van der Waals surface area contributed by atoms with Crippen molar-refractivity contribution in [3.63, 3.8) is 0 Å². The predicted molar refractivity (Wildman–Crippen MR) is 148 cm³/mol. The van der Waals surface area contributed by atoms with Crippen LogP contribution in [-0.4, -0.2) is 64.9 Å². The third kappa shape index (κ3) is 7.28. The summed E-state index contributed by atoms with van der Waals surface area (Å²) in [4.78, 5) is 34.1. The molecule has 1 aromatic heterocycles. The van der Waals surface area contributed by atoms with Crippen molar-refractivity contribution in [2.75, 3.05) is 26.2 Å². The zero-order valence-corrected chi connectivity index (χ0v) is 23.3. The fourth-order valence-corrected chi connectivity index (χ4v) is 5.41. The highest BCUT2D eigenvalue weighted by atomic mass is 35.5. The van der Waals surface area contributed by atoms with Crippen molar-refractivity contribution in [1.82, 2.24) is 14.8 Å². The standard InChI is InChI=1S/C30H38ClN3O4/c1-5-17-37-28(36)34(25-18-24(25)23-9-7-6-8-10-23)21-30(19-22-11-12-26(31)32-20-22)13-15-33(16-14-30)27(35)38-29(2,3)4/h5-12,20,24-25H,1,13-19,21H2,2-4H3/t24-,25-/m1/s1. The van der Waals surface area contributed by atoms with Gasteiger partial charge in [-0.15, -0.1) is 0 Å². The average molecular weight is 540 g/mol. The second-order valence-electron chi connectivity index (χ2n) is 11.4. The number of hydrogen-bond acceptors (Lipinski definition) is 5. The second kappa shape index (κ2) is 11.8. The molecule has 0 unspecified atom stereocenters. The SMILES string of the molecule is C=CCOC(=O)N(CC1(Cc2ccc(Cl)nc2)CCN(C(=O)OC(C)(C)C)CC1)[C@@H]1C[C@@H]1c1ccccc1. The minimum atomic E-state index is -0.551. The van der Waals surface area contributed by atoms with Crippen LogP contribution in [0.1, 0.15) is 57.1 Å². The molecule has 1 aliphatic heterocycles. The molecule has 4 rings (SSSR count). The van der Waals surface area contributed by atoms with Gasteiger partial charge in [0.2, 0.25) is 0 Å². The molecule has 7 nitrogen and oxygen atoms in total. The first-order valence-electron chi connectivity index (χ1n) is 13.3. The van der Waals surface area contributed by atoms with Gasteiger partial charge in [0.15, 0.2) is 0 Å². The lowest BCUT2D eigenvalue weighted by atomic mass is 9.73. The second-order valence-corrected chi connectivity index (χ2v) is 11.8. The Balaban J connectivity index is 1.56. The molecular weight excluding hydrogens is 502 g/mol. The molecule has 2 atom stereocenters. The fraction of sp³-hybridized carbons (Fsp3) is 0.500. The average Bonchev–Trinajstić information content (AvgIpc) is 3.68. The molecule has 2 fully saturated rings. The van der Waals surface area contributed by atoms with Gasteiger partial charge in [-0.1, -0.05) is 60.7 Å². The minimum absolute atomic E-state index is 0.0684. The van der Waals surface area contributed by atoms with Gasteiger partial charge in [-0.25, -0.2) is 14.6 Å². The molecule has 0 radical (unpaired) electrons. The number of likely N-dealkylation sites (tertiary alicyclic amines) is 1. The normalized spacial score (nSPS) is 20.4. The van der Waals surface area contributed by atoms with Crippen LogP contribution in [0.4, 0.5) is 9.59 Å². The number of carbonyl (C=O) groups excluding carboxylic acids is 2. The smallest absolute Gasteiger partial charge is 0.410 e. The van der Waals surface area contributed by atoms with Crippen LogP contribution in [0.5, 0.6) is 0 Å². The Kier molecular flexibility index (Phi) is 8.66. The number of ether oxygens (including phenoxy) is 2.